The molecule has 2 N–H and O–H groups in total. The molecule has 25 heavy (non-hydrogen) atoms. The van der Waals surface area contributed by atoms with Crippen molar-refractivity contribution in [1.82, 2.24) is 10.2 Å². The minimum atomic E-state index is -0.505. The van der Waals surface area contributed by atoms with Gasteiger partial charge < -0.3 is 5.32 Å². The molecule has 4 rings (SSSR count). The van der Waals surface area contributed by atoms with Crippen molar-refractivity contribution in [2.24, 2.45) is 11.8 Å². The number of amides is 1. The molecule has 1 saturated heterocycles. The van der Waals surface area contributed by atoms with Gasteiger partial charge in [-0.25, -0.2) is 0 Å². The van der Waals surface area contributed by atoms with E-state index < -0.39 is 5.54 Å². The second kappa shape index (κ2) is 5.70. The smallest absolute Gasteiger partial charge is 0.235 e. The molecule has 0 spiro atoms. The molecule has 1 unspecified atom stereocenters. The Morgan fingerprint density at radius 2 is 2.04 bits per heavy atom. The summed E-state index contributed by atoms with van der Waals surface area (Å²) < 4.78 is 0. The molecule has 2 heterocycles. The van der Waals surface area contributed by atoms with Gasteiger partial charge in [0.2, 0.25) is 5.91 Å². The van der Waals surface area contributed by atoms with Crippen LogP contribution in [-0.4, -0.2) is 23.8 Å². The second-order valence-electron chi connectivity index (χ2n) is 7.42. The number of carbonyl (C=O) groups is 1. The monoisotopic (exact) mass is 353 g/mol. The van der Waals surface area contributed by atoms with Crippen molar-refractivity contribution in [3.8, 4) is 10.4 Å². The Balaban J connectivity index is 1.74. The number of aryl methyl sites for hydroxylation is 1. The Kier molecular flexibility index (Phi) is 3.72. The summed E-state index contributed by atoms with van der Waals surface area (Å²) in [4.78, 5) is 16.7. The number of guanidine groups is 1. The SMILES string of the molecule is Cc1cccc(-c2ccc([C@@]3(C)NC(=N)N(C)C(=O)C3C3CC3)s2)c1. The number of thiophene rings is 1. The maximum atomic E-state index is 12.9. The summed E-state index contributed by atoms with van der Waals surface area (Å²) in [5.74, 6) is 0.579. The fourth-order valence-corrected chi connectivity index (χ4v) is 5.01. The van der Waals surface area contributed by atoms with Gasteiger partial charge in [0.05, 0.1) is 11.5 Å². The summed E-state index contributed by atoms with van der Waals surface area (Å²) in [5, 5.41) is 11.5. The first kappa shape index (κ1) is 16.3. The zero-order valence-electron chi connectivity index (χ0n) is 14.8. The van der Waals surface area contributed by atoms with E-state index >= 15 is 0 Å². The molecule has 5 heteroatoms. The van der Waals surface area contributed by atoms with Gasteiger partial charge in [-0.3, -0.25) is 15.1 Å². The summed E-state index contributed by atoms with van der Waals surface area (Å²) in [6.45, 7) is 4.18. The zero-order valence-corrected chi connectivity index (χ0v) is 15.6. The Labute approximate surface area is 152 Å². The number of hydrogen-bond donors (Lipinski definition) is 2. The number of nitrogens with one attached hydrogen (secondary N) is 2. The van der Waals surface area contributed by atoms with Gasteiger partial charge in [0.15, 0.2) is 5.96 Å². The lowest BCUT2D eigenvalue weighted by Crippen LogP contribution is -2.64. The molecular formula is C20H23N3OS. The largest absolute Gasteiger partial charge is 0.345 e. The molecule has 1 aliphatic heterocycles. The Hall–Kier alpha value is -2.14. The van der Waals surface area contributed by atoms with Crippen LogP contribution in [0.5, 0.6) is 0 Å². The normalized spacial score (nSPS) is 26.7. The number of rotatable bonds is 3. The fraction of sp³-hybridized carbons (Fsp3) is 0.400. The van der Waals surface area contributed by atoms with Gasteiger partial charge in [-0.1, -0.05) is 29.8 Å². The maximum absolute atomic E-state index is 12.9. The van der Waals surface area contributed by atoms with E-state index in [9.17, 15) is 4.79 Å². The Morgan fingerprint density at radius 3 is 2.72 bits per heavy atom. The molecule has 4 nitrogen and oxygen atoms in total. The first-order valence-electron chi connectivity index (χ1n) is 8.72. The summed E-state index contributed by atoms with van der Waals surface area (Å²) >= 11 is 1.72. The van der Waals surface area contributed by atoms with E-state index in [1.54, 1.807) is 18.4 Å². The second-order valence-corrected chi connectivity index (χ2v) is 8.51. The van der Waals surface area contributed by atoms with Crippen LogP contribution in [0.25, 0.3) is 10.4 Å². The van der Waals surface area contributed by atoms with E-state index in [1.807, 2.05) is 0 Å². The molecule has 0 radical (unpaired) electrons. The number of nitrogens with zero attached hydrogens (tertiary/aromatic N) is 1. The quantitative estimate of drug-likeness (QED) is 0.877. The predicted molar refractivity (Wildman–Crippen MR) is 102 cm³/mol. The van der Waals surface area contributed by atoms with Crippen LogP contribution >= 0.6 is 11.3 Å². The van der Waals surface area contributed by atoms with Gasteiger partial charge in [0, 0.05) is 16.8 Å². The van der Waals surface area contributed by atoms with E-state index in [2.05, 4.69) is 55.6 Å². The van der Waals surface area contributed by atoms with Crippen molar-refractivity contribution >= 4 is 23.2 Å². The molecular weight excluding hydrogens is 330 g/mol. The summed E-state index contributed by atoms with van der Waals surface area (Å²) in [6, 6.07) is 12.7. The highest BCUT2D eigenvalue weighted by atomic mass is 32.1. The van der Waals surface area contributed by atoms with Crippen molar-refractivity contribution in [3.05, 3.63) is 46.8 Å². The van der Waals surface area contributed by atoms with Crippen LogP contribution < -0.4 is 5.32 Å². The summed E-state index contributed by atoms with van der Waals surface area (Å²) in [6.07, 6.45) is 2.20. The van der Waals surface area contributed by atoms with E-state index in [1.165, 1.54) is 20.9 Å². The van der Waals surface area contributed by atoms with Crippen LogP contribution in [0.15, 0.2) is 36.4 Å². The minimum absolute atomic E-state index is 0.0688. The topological polar surface area (TPSA) is 56.2 Å². The Morgan fingerprint density at radius 1 is 1.28 bits per heavy atom. The lowest BCUT2D eigenvalue weighted by molar-refractivity contribution is -0.136. The van der Waals surface area contributed by atoms with Crippen LogP contribution in [0.2, 0.25) is 0 Å². The highest BCUT2D eigenvalue weighted by Gasteiger charge is 2.54. The van der Waals surface area contributed by atoms with Gasteiger partial charge in [-0.2, -0.15) is 0 Å². The van der Waals surface area contributed by atoms with Crippen LogP contribution in [-0.2, 0) is 10.3 Å². The van der Waals surface area contributed by atoms with Gasteiger partial charge in [-0.05, 0) is 50.3 Å². The third kappa shape index (κ3) is 2.67. The highest BCUT2D eigenvalue weighted by Crippen LogP contribution is 2.50. The molecule has 1 amide bonds. The van der Waals surface area contributed by atoms with Crippen molar-refractivity contribution in [2.75, 3.05) is 7.05 Å². The lowest BCUT2D eigenvalue weighted by atomic mass is 9.78. The van der Waals surface area contributed by atoms with Crippen LogP contribution in [0.4, 0.5) is 0 Å². The zero-order chi connectivity index (χ0) is 17.8. The average Bonchev–Trinajstić information content (AvgIpc) is 3.26. The molecule has 2 atom stereocenters. The predicted octanol–water partition coefficient (Wildman–Crippen LogP) is 3.96. The van der Waals surface area contributed by atoms with Gasteiger partial charge in [-0.15, -0.1) is 11.3 Å². The molecule has 0 bridgehead atoms. The van der Waals surface area contributed by atoms with Crippen LogP contribution in [0, 0.1) is 24.2 Å². The standard InChI is InChI=1S/C20H23N3OS/c1-12-5-4-6-14(11-12)15-9-10-16(25-15)20(2)17(13-7-8-13)18(24)23(3)19(21)22-20/h4-6,9-11,13,17H,7-8H2,1-3H3,(H2,21,22)/t17?,20-/m1/s1. The summed E-state index contributed by atoms with van der Waals surface area (Å²) in [7, 11) is 1.69. The molecule has 2 aromatic rings. The molecule has 1 saturated carbocycles. The van der Waals surface area contributed by atoms with Gasteiger partial charge >= 0.3 is 0 Å². The number of benzene rings is 1. The minimum Gasteiger partial charge on any atom is -0.345 e. The van der Waals surface area contributed by atoms with E-state index in [0.717, 1.165) is 17.7 Å². The van der Waals surface area contributed by atoms with E-state index in [-0.39, 0.29) is 17.8 Å². The van der Waals surface area contributed by atoms with Crippen molar-refractivity contribution in [2.45, 2.75) is 32.2 Å². The lowest BCUT2D eigenvalue weighted by Gasteiger charge is -2.45. The van der Waals surface area contributed by atoms with Crippen molar-refractivity contribution in [1.29, 1.82) is 5.41 Å². The average molecular weight is 353 g/mol. The molecule has 1 aromatic heterocycles. The first-order valence-corrected chi connectivity index (χ1v) is 9.53. The third-order valence-electron chi connectivity index (χ3n) is 5.45. The highest BCUT2D eigenvalue weighted by molar-refractivity contribution is 7.15. The molecule has 2 aliphatic rings. The third-order valence-corrected chi connectivity index (χ3v) is 6.82. The fourth-order valence-electron chi connectivity index (χ4n) is 3.86. The molecule has 2 fully saturated rings. The van der Waals surface area contributed by atoms with Crippen LogP contribution in [0.3, 0.4) is 0 Å². The number of hydrogen-bond acceptors (Lipinski definition) is 3. The van der Waals surface area contributed by atoms with E-state index in [4.69, 9.17) is 5.41 Å². The van der Waals surface area contributed by atoms with Gasteiger partial charge in [0.1, 0.15) is 0 Å². The number of carbonyl (C=O) groups excluding carboxylic acids is 1. The molecule has 1 aliphatic carbocycles. The van der Waals surface area contributed by atoms with Crippen molar-refractivity contribution in [3.63, 3.8) is 0 Å². The molecule has 130 valence electrons. The first-order chi connectivity index (χ1) is 11.9. The molecule has 1 aromatic carbocycles. The van der Waals surface area contributed by atoms with E-state index in [0.29, 0.717) is 5.92 Å². The maximum Gasteiger partial charge on any atom is 0.235 e. The van der Waals surface area contributed by atoms with Crippen LogP contribution in [0.1, 0.15) is 30.2 Å². The summed E-state index contributed by atoms with van der Waals surface area (Å²) in [5.41, 5.74) is 1.94. The van der Waals surface area contributed by atoms with Crippen molar-refractivity contribution < 1.29 is 4.79 Å². The Bertz CT molecular complexity index is 854. The van der Waals surface area contributed by atoms with Gasteiger partial charge in [0.25, 0.3) is 0 Å².